The van der Waals surface area contributed by atoms with Crippen molar-refractivity contribution < 1.29 is 23.9 Å². The number of amides is 3. The largest absolute Gasteiger partial charge is 0.482 e. The number of hydrogen-bond acceptors (Lipinski definition) is 5. The molecular formula is C22H23Cl2N3O5. The number of likely N-dealkylation sites (N-methyl/N-ethyl adjacent to an activating group) is 1. The predicted octanol–water partition coefficient (Wildman–Crippen LogP) is 3.60. The molecule has 170 valence electrons. The zero-order chi connectivity index (χ0) is 23.3. The Balaban J connectivity index is 1.70. The van der Waals surface area contributed by atoms with Crippen LogP contribution in [0.1, 0.15) is 13.8 Å². The van der Waals surface area contributed by atoms with Crippen LogP contribution in [0.25, 0.3) is 0 Å². The Morgan fingerprint density at radius 1 is 1.16 bits per heavy atom. The maximum absolute atomic E-state index is 12.5. The number of rotatable bonds is 8. The van der Waals surface area contributed by atoms with Crippen molar-refractivity contribution in [2.75, 3.05) is 43.1 Å². The highest BCUT2D eigenvalue weighted by atomic mass is 35.5. The summed E-state index contributed by atoms with van der Waals surface area (Å²) in [6, 6.07) is 9.58. The van der Waals surface area contributed by atoms with E-state index < -0.39 is 5.91 Å². The Labute approximate surface area is 196 Å². The Kier molecular flexibility index (Phi) is 7.82. The molecule has 1 aliphatic heterocycles. The molecule has 0 fully saturated rings. The van der Waals surface area contributed by atoms with Crippen molar-refractivity contribution in [1.29, 1.82) is 0 Å². The van der Waals surface area contributed by atoms with Crippen LogP contribution in [-0.2, 0) is 14.4 Å². The van der Waals surface area contributed by atoms with Crippen molar-refractivity contribution in [2.45, 2.75) is 13.8 Å². The first-order valence-corrected chi connectivity index (χ1v) is 10.8. The minimum atomic E-state index is -0.426. The van der Waals surface area contributed by atoms with Gasteiger partial charge in [-0.05, 0) is 50.2 Å². The lowest BCUT2D eigenvalue weighted by atomic mass is 10.2. The Bertz CT molecular complexity index is 1030. The Morgan fingerprint density at radius 2 is 1.91 bits per heavy atom. The van der Waals surface area contributed by atoms with Gasteiger partial charge in [-0.3, -0.25) is 19.3 Å². The monoisotopic (exact) mass is 479 g/mol. The van der Waals surface area contributed by atoms with Crippen LogP contribution < -0.4 is 19.7 Å². The molecule has 2 aromatic rings. The van der Waals surface area contributed by atoms with Crippen molar-refractivity contribution >= 4 is 52.3 Å². The van der Waals surface area contributed by atoms with Gasteiger partial charge in [-0.25, -0.2) is 0 Å². The smallest absolute Gasteiger partial charge is 0.265 e. The van der Waals surface area contributed by atoms with Crippen molar-refractivity contribution in [3.8, 4) is 11.5 Å². The molecule has 0 saturated heterocycles. The molecule has 1 heterocycles. The lowest BCUT2D eigenvalue weighted by Crippen LogP contribution is -2.46. The fourth-order valence-corrected chi connectivity index (χ4v) is 3.66. The summed E-state index contributed by atoms with van der Waals surface area (Å²) in [5, 5.41) is 3.46. The number of hydrogen-bond donors (Lipinski definition) is 1. The minimum absolute atomic E-state index is 0.105. The fourth-order valence-electron chi connectivity index (χ4n) is 3.20. The first-order valence-electron chi connectivity index (χ1n) is 10.0. The Hall–Kier alpha value is -2.97. The molecule has 0 bridgehead atoms. The van der Waals surface area contributed by atoms with Crippen molar-refractivity contribution in [3.05, 3.63) is 46.4 Å². The quantitative estimate of drug-likeness (QED) is 0.624. The second-order valence-corrected chi connectivity index (χ2v) is 7.77. The molecule has 0 radical (unpaired) electrons. The van der Waals surface area contributed by atoms with Crippen LogP contribution in [-0.4, -0.2) is 55.5 Å². The number of carbonyl (C=O) groups is 3. The van der Waals surface area contributed by atoms with Gasteiger partial charge in [0.2, 0.25) is 5.91 Å². The SMILES string of the molecule is CCN(CC)C(=O)CN1C(=O)COc2ccc(NC(=O)COc3ccc(Cl)cc3Cl)cc21. The molecule has 32 heavy (non-hydrogen) atoms. The molecule has 0 aromatic heterocycles. The van der Waals surface area contributed by atoms with Crippen molar-refractivity contribution in [3.63, 3.8) is 0 Å². The van der Waals surface area contributed by atoms with Crippen molar-refractivity contribution in [2.24, 2.45) is 0 Å². The minimum Gasteiger partial charge on any atom is -0.482 e. The van der Waals surface area contributed by atoms with Gasteiger partial charge in [-0.2, -0.15) is 0 Å². The molecule has 0 unspecified atom stereocenters. The van der Waals surface area contributed by atoms with Gasteiger partial charge in [0, 0.05) is 23.8 Å². The van der Waals surface area contributed by atoms with E-state index in [1.807, 2.05) is 13.8 Å². The van der Waals surface area contributed by atoms with E-state index in [-0.39, 0.29) is 31.6 Å². The van der Waals surface area contributed by atoms with Crippen LogP contribution >= 0.6 is 23.2 Å². The molecule has 3 rings (SSSR count). The molecule has 3 amide bonds. The number of nitrogens with one attached hydrogen (secondary N) is 1. The van der Waals surface area contributed by atoms with Gasteiger partial charge in [0.25, 0.3) is 11.8 Å². The first kappa shape index (κ1) is 23.7. The van der Waals surface area contributed by atoms with Gasteiger partial charge >= 0.3 is 0 Å². The third-order valence-electron chi connectivity index (χ3n) is 4.85. The van der Waals surface area contributed by atoms with Crippen LogP contribution in [0.4, 0.5) is 11.4 Å². The number of anilines is 2. The number of carbonyl (C=O) groups excluding carboxylic acids is 3. The van der Waals surface area contributed by atoms with Gasteiger partial charge in [0.05, 0.1) is 10.7 Å². The summed E-state index contributed by atoms with van der Waals surface area (Å²) in [5.74, 6) is -0.137. The molecule has 0 aliphatic carbocycles. The zero-order valence-corrected chi connectivity index (χ0v) is 19.2. The lowest BCUT2D eigenvalue weighted by molar-refractivity contribution is -0.131. The van der Waals surface area contributed by atoms with Crippen LogP contribution in [0.5, 0.6) is 11.5 Å². The summed E-state index contributed by atoms with van der Waals surface area (Å²) < 4.78 is 10.9. The molecule has 10 heteroatoms. The Morgan fingerprint density at radius 3 is 2.59 bits per heavy atom. The second kappa shape index (κ2) is 10.6. The number of benzene rings is 2. The van der Waals surface area contributed by atoms with E-state index in [0.29, 0.717) is 46.0 Å². The van der Waals surface area contributed by atoms with Crippen LogP contribution in [0.15, 0.2) is 36.4 Å². The topological polar surface area (TPSA) is 88.2 Å². The molecule has 8 nitrogen and oxygen atoms in total. The van der Waals surface area contributed by atoms with E-state index in [1.54, 1.807) is 35.2 Å². The van der Waals surface area contributed by atoms with E-state index in [4.69, 9.17) is 32.7 Å². The summed E-state index contributed by atoms with van der Waals surface area (Å²) >= 11 is 11.9. The third kappa shape index (κ3) is 5.63. The highest BCUT2D eigenvalue weighted by Gasteiger charge is 2.29. The molecule has 0 saturated carbocycles. The van der Waals surface area contributed by atoms with Crippen molar-refractivity contribution in [1.82, 2.24) is 4.90 Å². The molecule has 1 N–H and O–H groups in total. The summed E-state index contributed by atoms with van der Waals surface area (Å²) in [6.45, 7) is 4.32. The zero-order valence-electron chi connectivity index (χ0n) is 17.7. The van der Waals surface area contributed by atoms with E-state index in [2.05, 4.69) is 5.32 Å². The molecule has 0 spiro atoms. The van der Waals surface area contributed by atoms with Crippen LogP contribution in [0, 0.1) is 0 Å². The summed E-state index contributed by atoms with van der Waals surface area (Å²) in [6.07, 6.45) is 0. The summed E-state index contributed by atoms with van der Waals surface area (Å²) in [7, 11) is 0. The average Bonchev–Trinajstić information content (AvgIpc) is 2.76. The van der Waals surface area contributed by atoms with Gasteiger partial charge in [0.1, 0.15) is 18.0 Å². The van der Waals surface area contributed by atoms with E-state index in [9.17, 15) is 14.4 Å². The van der Waals surface area contributed by atoms with E-state index in [0.717, 1.165) is 0 Å². The number of halogens is 2. The maximum Gasteiger partial charge on any atom is 0.265 e. The third-order valence-corrected chi connectivity index (χ3v) is 5.38. The van der Waals surface area contributed by atoms with Gasteiger partial charge in [-0.15, -0.1) is 0 Å². The highest BCUT2D eigenvalue weighted by Crippen LogP contribution is 2.34. The normalized spacial score (nSPS) is 12.6. The number of nitrogens with zero attached hydrogens (tertiary/aromatic N) is 2. The van der Waals surface area contributed by atoms with E-state index >= 15 is 0 Å². The fraction of sp³-hybridized carbons (Fsp3) is 0.318. The van der Waals surface area contributed by atoms with Gasteiger partial charge in [0.15, 0.2) is 13.2 Å². The molecule has 1 aliphatic rings. The summed E-state index contributed by atoms with van der Waals surface area (Å²) in [4.78, 5) is 40.4. The number of ether oxygens (including phenoxy) is 2. The maximum atomic E-state index is 12.5. The predicted molar refractivity (Wildman–Crippen MR) is 123 cm³/mol. The van der Waals surface area contributed by atoms with Gasteiger partial charge in [-0.1, -0.05) is 23.2 Å². The summed E-state index contributed by atoms with van der Waals surface area (Å²) in [5.41, 5.74) is 0.847. The average molecular weight is 480 g/mol. The van der Waals surface area contributed by atoms with E-state index in [1.165, 1.54) is 11.0 Å². The molecular weight excluding hydrogens is 457 g/mol. The molecule has 0 atom stereocenters. The lowest BCUT2D eigenvalue weighted by Gasteiger charge is -2.31. The van der Waals surface area contributed by atoms with Crippen LogP contribution in [0.2, 0.25) is 10.0 Å². The number of fused-ring (bicyclic) bond motifs is 1. The standard InChI is InChI=1S/C22H23Cl2N3O5/c1-3-26(4-2)21(29)11-27-17-10-15(6-8-19(17)32-13-22(27)30)25-20(28)12-31-18-7-5-14(23)9-16(18)24/h5-10H,3-4,11-13H2,1-2H3,(H,25,28). The highest BCUT2D eigenvalue weighted by molar-refractivity contribution is 6.35. The molecule has 2 aromatic carbocycles. The first-order chi connectivity index (χ1) is 15.3. The van der Waals surface area contributed by atoms with Gasteiger partial charge < -0.3 is 19.7 Å². The van der Waals surface area contributed by atoms with Crippen LogP contribution in [0.3, 0.4) is 0 Å². The second-order valence-electron chi connectivity index (χ2n) is 6.93.